The van der Waals surface area contributed by atoms with Gasteiger partial charge in [0.25, 0.3) is 0 Å². The van der Waals surface area contributed by atoms with E-state index in [2.05, 4.69) is 0 Å². The van der Waals surface area contributed by atoms with Crippen LogP contribution in [0.4, 0.5) is 18.0 Å². The van der Waals surface area contributed by atoms with E-state index in [1.165, 1.54) is 16.8 Å². The van der Waals surface area contributed by atoms with Gasteiger partial charge < -0.3 is 4.74 Å². The Labute approximate surface area is 133 Å². The van der Waals surface area contributed by atoms with Crippen LogP contribution in [0.2, 0.25) is 0 Å². The summed E-state index contributed by atoms with van der Waals surface area (Å²) in [6, 6.07) is 3.28. The van der Waals surface area contributed by atoms with Gasteiger partial charge in [-0.05, 0) is 61.6 Å². The summed E-state index contributed by atoms with van der Waals surface area (Å²) < 4.78 is 45.2. The quantitative estimate of drug-likeness (QED) is 0.569. The lowest BCUT2D eigenvalue weighted by Crippen LogP contribution is -2.26. The van der Waals surface area contributed by atoms with Crippen LogP contribution in [0.15, 0.2) is 24.4 Å². The van der Waals surface area contributed by atoms with Gasteiger partial charge in [0.1, 0.15) is 5.60 Å². The number of carbonyl (C=O) groups is 1. The summed E-state index contributed by atoms with van der Waals surface area (Å²) in [6.45, 7) is 5.18. The number of halogens is 4. The first-order valence-corrected chi connectivity index (χ1v) is 7.18. The maximum atomic E-state index is 12.7. The molecule has 3 nitrogen and oxygen atoms in total. The van der Waals surface area contributed by atoms with E-state index >= 15 is 0 Å². The highest BCUT2D eigenvalue weighted by atomic mass is 127. The van der Waals surface area contributed by atoms with E-state index in [1.54, 1.807) is 20.8 Å². The van der Waals surface area contributed by atoms with Crippen molar-refractivity contribution in [1.82, 2.24) is 4.57 Å². The highest BCUT2D eigenvalue weighted by Gasteiger charge is 2.31. The molecular formula is C14H13F3INO2. The monoisotopic (exact) mass is 411 g/mol. The number of nitrogens with zero attached hydrogens (tertiary/aromatic N) is 1. The normalized spacial score (nSPS) is 12.7. The van der Waals surface area contributed by atoms with E-state index < -0.39 is 23.4 Å². The van der Waals surface area contributed by atoms with E-state index in [9.17, 15) is 18.0 Å². The van der Waals surface area contributed by atoms with Gasteiger partial charge in [-0.15, -0.1) is 0 Å². The molecule has 0 unspecified atom stereocenters. The minimum absolute atomic E-state index is 0.372. The first kappa shape index (κ1) is 16.1. The van der Waals surface area contributed by atoms with Crippen LogP contribution in [0, 0.1) is 3.57 Å². The van der Waals surface area contributed by atoms with E-state index in [-0.39, 0.29) is 0 Å². The third kappa shape index (κ3) is 3.50. The summed E-state index contributed by atoms with van der Waals surface area (Å²) in [7, 11) is 0. The molecule has 0 aliphatic rings. The molecule has 1 aromatic carbocycles. The average molecular weight is 411 g/mol. The van der Waals surface area contributed by atoms with Gasteiger partial charge >= 0.3 is 12.3 Å². The SMILES string of the molecule is CC(C)(C)OC(=O)n1cc(I)c2cc(C(F)(F)F)ccc21. The summed E-state index contributed by atoms with van der Waals surface area (Å²) in [5.74, 6) is 0. The molecule has 1 heterocycles. The Hall–Kier alpha value is -1.25. The van der Waals surface area contributed by atoms with Gasteiger partial charge in [0.05, 0.1) is 11.1 Å². The largest absolute Gasteiger partial charge is 0.443 e. The van der Waals surface area contributed by atoms with Crippen molar-refractivity contribution >= 4 is 39.6 Å². The predicted octanol–water partition coefficient (Wildman–Crippen LogP) is 5.05. The van der Waals surface area contributed by atoms with Gasteiger partial charge in [0.15, 0.2) is 0 Å². The zero-order chi connectivity index (χ0) is 16.0. The van der Waals surface area contributed by atoms with Crippen molar-refractivity contribution in [2.24, 2.45) is 0 Å². The molecule has 0 atom stereocenters. The fourth-order valence-electron chi connectivity index (χ4n) is 1.83. The number of ether oxygens (including phenoxy) is 1. The molecule has 7 heteroatoms. The predicted molar refractivity (Wildman–Crippen MR) is 81.3 cm³/mol. The van der Waals surface area contributed by atoms with Crippen LogP contribution in [-0.4, -0.2) is 16.3 Å². The third-order valence-electron chi connectivity index (χ3n) is 2.67. The lowest BCUT2D eigenvalue weighted by molar-refractivity contribution is -0.137. The molecule has 21 heavy (non-hydrogen) atoms. The number of benzene rings is 1. The van der Waals surface area contributed by atoms with E-state index in [0.29, 0.717) is 14.5 Å². The summed E-state index contributed by atoms with van der Waals surface area (Å²) >= 11 is 1.90. The van der Waals surface area contributed by atoms with Gasteiger partial charge in [0.2, 0.25) is 0 Å². The molecule has 0 N–H and O–H groups in total. The smallest absolute Gasteiger partial charge is 0.419 e. The number of alkyl halides is 3. The van der Waals surface area contributed by atoms with Crippen LogP contribution in [0.1, 0.15) is 26.3 Å². The Bertz CT molecular complexity index is 699. The number of hydrogen-bond donors (Lipinski definition) is 0. The Morgan fingerprint density at radius 3 is 2.38 bits per heavy atom. The molecule has 114 valence electrons. The second kappa shape index (κ2) is 5.19. The molecule has 0 amide bonds. The zero-order valence-corrected chi connectivity index (χ0v) is 13.7. The van der Waals surface area contributed by atoms with Crippen LogP contribution >= 0.6 is 22.6 Å². The van der Waals surface area contributed by atoms with Gasteiger partial charge in [-0.1, -0.05) is 0 Å². The van der Waals surface area contributed by atoms with Crippen molar-refractivity contribution in [3.05, 3.63) is 33.5 Å². The lowest BCUT2D eigenvalue weighted by atomic mass is 10.1. The fraction of sp³-hybridized carbons (Fsp3) is 0.357. The van der Waals surface area contributed by atoms with E-state index in [1.807, 2.05) is 22.6 Å². The topological polar surface area (TPSA) is 31.2 Å². The molecule has 1 aromatic heterocycles. The molecule has 0 spiro atoms. The number of aromatic nitrogens is 1. The van der Waals surface area contributed by atoms with Crippen LogP contribution in [0.25, 0.3) is 10.9 Å². The fourth-order valence-corrected chi connectivity index (χ4v) is 2.54. The minimum Gasteiger partial charge on any atom is -0.443 e. The summed E-state index contributed by atoms with van der Waals surface area (Å²) in [5, 5.41) is 0.372. The first-order valence-electron chi connectivity index (χ1n) is 6.10. The van der Waals surface area contributed by atoms with Crippen LogP contribution in [-0.2, 0) is 10.9 Å². The molecule has 2 rings (SSSR count). The highest BCUT2D eigenvalue weighted by molar-refractivity contribution is 14.1. The molecule has 2 aromatic rings. The minimum atomic E-state index is -4.41. The summed E-state index contributed by atoms with van der Waals surface area (Å²) in [5.41, 5.74) is -1.03. The van der Waals surface area contributed by atoms with E-state index in [4.69, 9.17) is 4.74 Å². The maximum Gasteiger partial charge on any atom is 0.419 e. The van der Waals surface area contributed by atoms with Crippen LogP contribution < -0.4 is 0 Å². The molecule has 0 saturated heterocycles. The van der Waals surface area contributed by atoms with Gasteiger partial charge in [0, 0.05) is 15.2 Å². The Balaban J connectivity index is 2.52. The van der Waals surface area contributed by atoms with E-state index in [0.717, 1.165) is 12.1 Å². The Morgan fingerprint density at radius 2 is 1.86 bits per heavy atom. The number of hydrogen-bond acceptors (Lipinski definition) is 2. The molecule has 0 bridgehead atoms. The summed E-state index contributed by atoms with van der Waals surface area (Å²) in [4.78, 5) is 12.1. The van der Waals surface area contributed by atoms with Gasteiger partial charge in [-0.3, -0.25) is 4.57 Å². The first-order chi connectivity index (χ1) is 9.49. The molecule has 0 saturated carbocycles. The molecular weight excluding hydrogens is 398 g/mol. The molecule has 0 aliphatic heterocycles. The van der Waals surface area contributed by atoms with Crippen LogP contribution in [0.3, 0.4) is 0 Å². The van der Waals surface area contributed by atoms with Crippen molar-refractivity contribution in [3.63, 3.8) is 0 Å². The molecule has 0 radical (unpaired) electrons. The van der Waals surface area contributed by atoms with Crippen LogP contribution in [0.5, 0.6) is 0 Å². The van der Waals surface area contributed by atoms with Gasteiger partial charge in [-0.25, -0.2) is 4.79 Å². The highest BCUT2D eigenvalue weighted by Crippen LogP contribution is 2.33. The second-order valence-electron chi connectivity index (χ2n) is 5.56. The van der Waals surface area contributed by atoms with Crippen molar-refractivity contribution in [1.29, 1.82) is 0 Å². The summed E-state index contributed by atoms with van der Waals surface area (Å²) in [6.07, 6.45) is -3.56. The number of carbonyl (C=O) groups excluding carboxylic acids is 1. The van der Waals surface area contributed by atoms with Crippen molar-refractivity contribution in [2.45, 2.75) is 32.5 Å². The average Bonchev–Trinajstić information content (AvgIpc) is 2.63. The Morgan fingerprint density at radius 1 is 1.24 bits per heavy atom. The van der Waals surface area contributed by atoms with Crippen molar-refractivity contribution in [3.8, 4) is 0 Å². The second-order valence-corrected chi connectivity index (χ2v) is 6.72. The van der Waals surface area contributed by atoms with Crippen molar-refractivity contribution < 1.29 is 22.7 Å². The number of fused-ring (bicyclic) bond motifs is 1. The standard InChI is InChI=1S/C14H13F3INO2/c1-13(2,3)21-12(20)19-7-10(18)9-6-8(14(15,16)17)4-5-11(9)19/h4-7H,1-3H3. The molecule has 0 fully saturated rings. The molecule has 0 aliphatic carbocycles. The van der Waals surface area contributed by atoms with Gasteiger partial charge in [-0.2, -0.15) is 13.2 Å². The maximum absolute atomic E-state index is 12.7. The lowest BCUT2D eigenvalue weighted by Gasteiger charge is -2.19. The Kier molecular flexibility index (Phi) is 3.98. The van der Waals surface area contributed by atoms with Crippen molar-refractivity contribution in [2.75, 3.05) is 0 Å². The number of rotatable bonds is 0. The zero-order valence-electron chi connectivity index (χ0n) is 11.6. The third-order valence-corrected chi connectivity index (χ3v) is 3.53.